The van der Waals surface area contributed by atoms with Crippen LogP contribution < -0.4 is 0 Å². The minimum atomic E-state index is -3.75. The van der Waals surface area contributed by atoms with Crippen LogP contribution in [0, 0.1) is 0 Å². The van der Waals surface area contributed by atoms with Crippen LogP contribution in [0.15, 0.2) is 56.5 Å². The number of nitrogens with zero attached hydrogens (tertiary/aromatic N) is 6. The summed E-state index contributed by atoms with van der Waals surface area (Å²) in [5, 5.41) is 11.3. The zero-order valence-electron chi connectivity index (χ0n) is 13.4. The van der Waals surface area contributed by atoms with Crippen LogP contribution in [0.1, 0.15) is 0 Å². The fourth-order valence-corrected chi connectivity index (χ4v) is 2.78. The Morgan fingerprint density at radius 2 is 1.84 bits per heavy atom. The second kappa shape index (κ2) is 6.77. The molecule has 2 aromatic heterocycles. The standard InChI is InChI=1S/C15H14N6O3S/c1-21(2)10-18-25(22,23)13-5-3-11(4-6-13)15-19-14(20-24-15)12-7-8-16-17-9-12/h3-10H,1-2H3. The Morgan fingerprint density at radius 3 is 2.48 bits per heavy atom. The SMILES string of the molecule is CN(C)C=NS(=O)(=O)c1ccc(-c2nc(-c3ccnnc3)no2)cc1. The average molecular weight is 358 g/mol. The van der Waals surface area contributed by atoms with Crippen molar-refractivity contribution < 1.29 is 12.9 Å². The Kier molecular flexibility index (Phi) is 4.52. The molecule has 0 radical (unpaired) electrons. The molecule has 0 aliphatic heterocycles. The van der Waals surface area contributed by atoms with Gasteiger partial charge in [-0.3, -0.25) is 0 Å². The van der Waals surface area contributed by atoms with E-state index in [0.717, 1.165) is 0 Å². The van der Waals surface area contributed by atoms with Gasteiger partial charge in [0.1, 0.15) is 6.34 Å². The molecule has 0 bridgehead atoms. The second-order valence-corrected chi connectivity index (χ2v) is 6.87. The first-order valence-corrected chi connectivity index (χ1v) is 8.58. The van der Waals surface area contributed by atoms with E-state index in [0.29, 0.717) is 17.0 Å². The molecule has 0 saturated heterocycles. The Balaban J connectivity index is 1.85. The molecular formula is C15H14N6O3S. The number of rotatable bonds is 5. The van der Waals surface area contributed by atoms with Crippen LogP contribution >= 0.6 is 0 Å². The lowest BCUT2D eigenvalue weighted by molar-refractivity contribution is 0.432. The van der Waals surface area contributed by atoms with Gasteiger partial charge < -0.3 is 9.42 Å². The highest BCUT2D eigenvalue weighted by Crippen LogP contribution is 2.23. The summed E-state index contributed by atoms with van der Waals surface area (Å²) in [5.41, 5.74) is 1.26. The Labute approximate surface area is 144 Å². The zero-order valence-corrected chi connectivity index (χ0v) is 14.3. The van der Waals surface area contributed by atoms with Crippen molar-refractivity contribution in [1.29, 1.82) is 0 Å². The number of benzene rings is 1. The smallest absolute Gasteiger partial charge is 0.283 e. The van der Waals surface area contributed by atoms with Gasteiger partial charge in [0.15, 0.2) is 0 Å². The molecule has 128 valence electrons. The van der Waals surface area contributed by atoms with E-state index in [9.17, 15) is 8.42 Å². The van der Waals surface area contributed by atoms with Crippen molar-refractivity contribution in [3.8, 4) is 22.8 Å². The van der Waals surface area contributed by atoms with Gasteiger partial charge in [-0.2, -0.15) is 23.6 Å². The molecule has 1 aromatic carbocycles. The monoisotopic (exact) mass is 358 g/mol. The molecule has 0 atom stereocenters. The van der Waals surface area contributed by atoms with Gasteiger partial charge in [-0.25, -0.2) is 0 Å². The van der Waals surface area contributed by atoms with Crippen molar-refractivity contribution >= 4 is 16.4 Å². The maximum Gasteiger partial charge on any atom is 0.283 e. The van der Waals surface area contributed by atoms with Gasteiger partial charge in [-0.1, -0.05) is 5.16 Å². The first-order valence-electron chi connectivity index (χ1n) is 7.14. The molecule has 2 heterocycles. The maximum absolute atomic E-state index is 12.1. The highest BCUT2D eigenvalue weighted by atomic mass is 32.2. The minimum absolute atomic E-state index is 0.0763. The van der Waals surface area contributed by atoms with Gasteiger partial charge in [0.25, 0.3) is 15.9 Å². The molecule has 3 aromatic rings. The quantitative estimate of drug-likeness (QED) is 0.497. The highest BCUT2D eigenvalue weighted by molar-refractivity contribution is 7.90. The molecule has 0 amide bonds. The molecule has 0 unspecified atom stereocenters. The van der Waals surface area contributed by atoms with Crippen LogP contribution in [0.25, 0.3) is 22.8 Å². The Bertz CT molecular complexity index is 982. The molecule has 0 N–H and O–H groups in total. The highest BCUT2D eigenvalue weighted by Gasteiger charge is 2.15. The third-order valence-electron chi connectivity index (χ3n) is 3.08. The second-order valence-electron chi connectivity index (χ2n) is 5.24. The molecule has 10 heteroatoms. The van der Waals surface area contributed by atoms with Gasteiger partial charge in [0.05, 0.1) is 17.3 Å². The summed E-state index contributed by atoms with van der Waals surface area (Å²) in [4.78, 5) is 5.89. The predicted molar refractivity (Wildman–Crippen MR) is 90.1 cm³/mol. The summed E-state index contributed by atoms with van der Waals surface area (Å²) in [5.74, 6) is 0.643. The van der Waals surface area contributed by atoms with Gasteiger partial charge in [0, 0.05) is 25.2 Å². The lowest BCUT2D eigenvalue weighted by Crippen LogP contribution is -2.10. The molecule has 9 nitrogen and oxygen atoms in total. The first-order chi connectivity index (χ1) is 12.0. The summed E-state index contributed by atoms with van der Waals surface area (Å²) in [6, 6.07) is 7.76. The summed E-state index contributed by atoms with van der Waals surface area (Å²) in [6.45, 7) is 0. The summed E-state index contributed by atoms with van der Waals surface area (Å²) < 4.78 is 33.0. The molecule has 0 aliphatic carbocycles. The van der Waals surface area contributed by atoms with E-state index in [1.807, 2.05) is 0 Å². The van der Waals surface area contributed by atoms with E-state index in [2.05, 4.69) is 24.7 Å². The summed E-state index contributed by atoms with van der Waals surface area (Å²) in [7, 11) is -0.370. The molecular weight excluding hydrogens is 344 g/mol. The van der Waals surface area contributed by atoms with E-state index in [4.69, 9.17) is 4.52 Å². The van der Waals surface area contributed by atoms with E-state index < -0.39 is 10.0 Å². The summed E-state index contributed by atoms with van der Waals surface area (Å²) in [6.07, 6.45) is 4.28. The van der Waals surface area contributed by atoms with Crippen LogP contribution in [0.3, 0.4) is 0 Å². The first kappa shape index (κ1) is 16.7. The number of hydrogen-bond acceptors (Lipinski definition) is 7. The molecule has 0 fully saturated rings. The van der Waals surface area contributed by atoms with Gasteiger partial charge in [-0.05, 0) is 30.3 Å². The van der Waals surface area contributed by atoms with Crippen molar-refractivity contribution in [2.45, 2.75) is 4.90 Å². The van der Waals surface area contributed by atoms with Crippen LogP contribution in [-0.2, 0) is 10.0 Å². The van der Waals surface area contributed by atoms with E-state index in [-0.39, 0.29) is 10.8 Å². The van der Waals surface area contributed by atoms with Crippen molar-refractivity contribution in [2.75, 3.05) is 14.1 Å². The van der Waals surface area contributed by atoms with Gasteiger partial charge in [0.2, 0.25) is 5.82 Å². The van der Waals surface area contributed by atoms with Crippen LogP contribution in [0.2, 0.25) is 0 Å². The lowest BCUT2D eigenvalue weighted by Gasteiger charge is -2.03. The molecule has 0 saturated carbocycles. The predicted octanol–water partition coefficient (Wildman–Crippen LogP) is 1.47. The van der Waals surface area contributed by atoms with E-state index in [1.165, 1.54) is 30.9 Å². The van der Waals surface area contributed by atoms with Crippen LogP contribution in [0.5, 0.6) is 0 Å². The zero-order chi connectivity index (χ0) is 17.9. The number of sulfonamides is 1. The van der Waals surface area contributed by atoms with Gasteiger partial charge >= 0.3 is 0 Å². The Hall–Kier alpha value is -3.14. The molecule has 0 spiro atoms. The van der Waals surface area contributed by atoms with Crippen molar-refractivity contribution in [2.24, 2.45) is 4.40 Å². The topological polar surface area (TPSA) is 114 Å². The molecule has 25 heavy (non-hydrogen) atoms. The van der Waals surface area contributed by atoms with Gasteiger partial charge in [-0.15, -0.1) is 4.40 Å². The van der Waals surface area contributed by atoms with Crippen molar-refractivity contribution in [3.05, 3.63) is 42.7 Å². The lowest BCUT2D eigenvalue weighted by atomic mass is 10.2. The normalized spacial score (nSPS) is 11.8. The minimum Gasteiger partial charge on any atom is -0.368 e. The fourth-order valence-electron chi connectivity index (χ4n) is 1.87. The average Bonchev–Trinajstić information content (AvgIpc) is 3.11. The van der Waals surface area contributed by atoms with Crippen LogP contribution in [0.4, 0.5) is 0 Å². The third-order valence-corrected chi connectivity index (χ3v) is 4.32. The van der Waals surface area contributed by atoms with Crippen molar-refractivity contribution in [3.63, 3.8) is 0 Å². The molecule has 3 rings (SSSR count). The van der Waals surface area contributed by atoms with E-state index in [1.54, 1.807) is 37.2 Å². The fraction of sp³-hybridized carbons (Fsp3) is 0.133. The number of aromatic nitrogens is 4. The van der Waals surface area contributed by atoms with Crippen LogP contribution in [-0.4, -0.2) is 54.1 Å². The molecule has 0 aliphatic rings. The summed E-state index contributed by atoms with van der Waals surface area (Å²) >= 11 is 0. The third kappa shape index (κ3) is 3.86. The maximum atomic E-state index is 12.1. The largest absolute Gasteiger partial charge is 0.368 e. The van der Waals surface area contributed by atoms with Crippen molar-refractivity contribution in [1.82, 2.24) is 25.2 Å². The Morgan fingerprint density at radius 1 is 1.08 bits per heavy atom. The number of hydrogen-bond donors (Lipinski definition) is 0. The van der Waals surface area contributed by atoms with E-state index >= 15 is 0 Å².